The van der Waals surface area contributed by atoms with Gasteiger partial charge in [-0.3, -0.25) is 0 Å². The van der Waals surface area contributed by atoms with Gasteiger partial charge in [-0.25, -0.2) is 22.2 Å². The van der Waals surface area contributed by atoms with Crippen LogP contribution in [0.25, 0.3) is 0 Å². The first-order valence-electron chi connectivity index (χ1n) is 3.74. The Kier molecular flexibility index (Phi) is 4.08. The summed E-state index contributed by atoms with van der Waals surface area (Å²) in [4.78, 5) is 3.41. The molecule has 0 spiro atoms. The number of nitrogens with zero attached hydrogens (tertiary/aromatic N) is 1. The third kappa shape index (κ3) is 2.80. The van der Waals surface area contributed by atoms with E-state index in [1.165, 1.54) is 0 Å². The van der Waals surface area contributed by atoms with Crippen molar-refractivity contribution < 1.29 is 21.9 Å². The molecule has 0 fully saturated rings. The van der Waals surface area contributed by atoms with Crippen molar-refractivity contribution in [2.45, 2.75) is 11.5 Å². The molecule has 0 atom stereocenters. The van der Waals surface area contributed by atoms with Crippen molar-refractivity contribution >= 4 is 35.7 Å². The highest BCUT2D eigenvalue weighted by Gasteiger charge is 2.28. The minimum Gasteiger partial charge on any atom is -0.496 e. The lowest BCUT2D eigenvalue weighted by molar-refractivity contribution is 0.142. The van der Waals surface area contributed by atoms with Gasteiger partial charge in [-0.2, -0.15) is 0 Å². The largest absolute Gasteiger partial charge is 0.496 e. The van der Waals surface area contributed by atoms with Crippen LogP contribution in [0.15, 0.2) is 15.7 Å². The predicted octanol–water partition coefficient (Wildman–Crippen LogP) is 2.72. The lowest BCUT2D eigenvalue weighted by Crippen LogP contribution is -2.05. The number of rotatable bonds is 3. The van der Waals surface area contributed by atoms with E-state index in [0.717, 1.165) is 13.2 Å². The maximum atomic E-state index is 12.7. The maximum absolute atomic E-state index is 12.7. The molecule has 0 saturated heterocycles. The van der Waals surface area contributed by atoms with Gasteiger partial charge in [0.2, 0.25) is 0 Å². The van der Waals surface area contributed by atoms with E-state index in [9.17, 15) is 17.2 Å². The molecule has 0 amide bonds. The van der Waals surface area contributed by atoms with Gasteiger partial charge in [0.15, 0.2) is 5.03 Å². The Labute approximate surface area is 103 Å². The van der Waals surface area contributed by atoms with Gasteiger partial charge in [0.1, 0.15) is 10.4 Å². The highest BCUT2D eigenvalue weighted by Crippen LogP contribution is 2.36. The second-order valence-corrected chi connectivity index (χ2v) is 5.90. The number of methoxy groups -OCH3 is 1. The molecule has 0 aromatic carbocycles. The van der Waals surface area contributed by atoms with Crippen molar-refractivity contribution in [3.05, 3.63) is 16.2 Å². The lowest BCUT2D eigenvalue weighted by Gasteiger charge is -2.10. The quantitative estimate of drug-likeness (QED) is 0.629. The number of halogens is 4. The zero-order chi connectivity index (χ0) is 12.5. The lowest BCUT2D eigenvalue weighted by atomic mass is 10.2. The molecular formula is C7H5BrClF2NO3S. The molecule has 1 aromatic heterocycles. The van der Waals surface area contributed by atoms with Gasteiger partial charge >= 0.3 is 0 Å². The van der Waals surface area contributed by atoms with Gasteiger partial charge in [-0.05, 0) is 15.9 Å². The van der Waals surface area contributed by atoms with Crippen molar-refractivity contribution in [3.63, 3.8) is 0 Å². The minimum absolute atomic E-state index is 0.0352. The van der Waals surface area contributed by atoms with E-state index < -0.39 is 26.1 Å². The van der Waals surface area contributed by atoms with Crippen LogP contribution >= 0.6 is 26.6 Å². The van der Waals surface area contributed by atoms with Crippen molar-refractivity contribution in [2.24, 2.45) is 0 Å². The first-order valence-corrected chi connectivity index (χ1v) is 6.85. The van der Waals surface area contributed by atoms with E-state index >= 15 is 0 Å². The Morgan fingerprint density at radius 2 is 2.12 bits per heavy atom. The van der Waals surface area contributed by atoms with E-state index in [4.69, 9.17) is 10.7 Å². The summed E-state index contributed by atoms with van der Waals surface area (Å²) in [7, 11) is 1.78. The summed E-state index contributed by atoms with van der Waals surface area (Å²) >= 11 is 2.87. The average molecular weight is 337 g/mol. The Hall–Kier alpha value is -0.470. The summed E-state index contributed by atoms with van der Waals surface area (Å²) < 4.78 is 52.2. The SMILES string of the molecule is COc1cc(Br)nc(S(=O)(=O)Cl)c1C(F)F. The van der Waals surface area contributed by atoms with Gasteiger partial charge in [-0.15, -0.1) is 0 Å². The first kappa shape index (κ1) is 13.6. The molecule has 1 aromatic rings. The van der Waals surface area contributed by atoms with E-state index in [1.54, 1.807) is 0 Å². The Bertz CT molecular complexity index is 509. The van der Waals surface area contributed by atoms with Gasteiger partial charge in [-0.1, -0.05) is 0 Å². The van der Waals surface area contributed by atoms with Crippen LogP contribution in [0, 0.1) is 0 Å². The molecule has 4 nitrogen and oxygen atoms in total. The van der Waals surface area contributed by atoms with Gasteiger partial charge in [0, 0.05) is 16.7 Å². The fourth-order valence-electron chi connectivity index (χ4n) is 1.04. The average Bonchev–Trinajstić information content (AvgIpc) is 2.14. The number of aromatic nitrogens is 1. The van der Waals surface area contributed by atoms with Crippen LogP contribution in [0.1, 0.15) is 12.0 Å². The van der Waals surface area contributed by atoms with Gasteiger partial charge < -0.3 is 4.74 Å². The third-order valence-corrected chi connectivity index (χ3v) is 3.24. The highest BCUT2D eigenvalue weighted by atomic mass is 79.9. The molecule has 0 aliphatic rings. The van der Waals surface area contributed by atoms with Crippen LogP contribution in [0.5, 0.6) is 5.75 Å². The summed E-state index contributed by atoms with van der Waals surface area (Å²) in [5.41, 5.74) is -0.847. The molecule has 1 heterocycles. The Balaban J connectivity index is 3.64. The fourth-order valence-corrected chi connectivity index (χ4v) is 2.55. The summed E-state index contributed by atoms with van der Waals surface area (Å²) in [6.45, 7) is 0. The zero-order valence-corrected chi connectivity index (χ0v) is 10.9. The number of alkyl halides is 2. The molecule has 1 rings (SSSR count). The molecule has 16 heavy (non-hydrogen) atoms. The topological polar surface area (TPSA) is 56.3 Å². The predicted molar refractivity (Wildman–Crippen MR) is 56.5 cm³/mol. The van der Waals surface area contributed by atoms with Crippen molar-refractivity contribution in [3.8, 4) is 5.75 Å². The number of hydrogen-bond acceptors (Lipinski definition) is 4. The van der Waals surface area contributed by atoms with Crippen molar-refractivity contribution in [1.29, 1.82) is 0 Å². The van der Waals surface area contributed by atoms with Crippen LogP contribution in [0.3, 0.4) is 0 Å². The number of ether oxygens (including phenoxy) is 1. The van der Waals surface area contributed by atoms with E-state index in [-0.39, 0.29) is 10.4 Å². The first-order chi connectivity index (χ1) is 7.27. The molecule has 90 valence electrons. The van der Waals surface area contributed by atoms with Crippen molar-refractivity contribution in [1.82, 2.24) is 4.98 Å². The second-order valence-electron chi connectivity index (χ2n) is 2.60. The summed E-state index contributed by atoms with van der Waals surface area (Å²) in [5.74, 6) is -0.295. The maximum Gasteiger partial charge on any atom is 0.279 e. The molecule has 0 saturated carbocycles. The standard InChI is InChI=1S/C7H5BrClF2NO3S/c1-15-3-2-4(8)12-7(16(9,13)14)5(3)6(10)11/h2,6H,1H3. The van der Waals surface area contributed by atoms with Gasteiger partial charge in [0.25, 0.3) is 15.5 Å². The molecular weight excluding hydrogens is 332 g/mol. The van der Waals surface area contributed by atoms with Gasteiger partial charge in [0.05, 0.1) is 12.7 Å². The number of pyridine rings is 1. The van der Waals surface area contributed by atoms with Crippen LogP contribution in [0.2, 0.25) is 0 Å². The van der Waals surface area contributed by atoms with E-state index in [1.807, 2.05) is 0 Å². The van der Waals surface area contributed by atoms with Crippen LogP contribution in [-0.2, 0) is 9.05 Å². The molecule has 0 aliphatic heterocycles. The molecule has 0 unspecified atom stereocenters. The molecule has 0 N–H and O–H groups in total. The minimum atomic E-state index is -4.36. The van der Waals surface area contributed by atoms with E-state index in [2.05, 4.69) is 25.7 Å². The highest BCUT2D eigenvalue weighted by molar-refractivity contribution is 9.10. The van der Waals surface area contributed by atoms with Crippen LogP contribution < -0.4 is 4.74 Å². The van der Waals surface area contributed by atoms with Crippen LogP contribution in [0.4, 0.5) is 8.78 Å². The smallest absolute Gasteiger partial charge is 0.279 e. The van der Waals surface area contributed by atoms with Crippen LogP contribution in [-0.4, -0.2) is 20.5 Å². The third-order valence-electron chi connectivity index (χ3n) is 1.62. The molecule has 9 heteroatoms. The van der Waals surface area contributed by atoms with E-state index in [0.29, 0.717) is 0 Å². The Morgan fingerprint density at radius 1 is 1.56 bits per heavy atom. The molecule has 0 bridgehead atoms. The Morgan fingerprint density at radius 3 is 2.50 bits per heavy atom. The molecule has 0 radical (unpaired) electrons. The normalized spacial score (nSPS) is 11.9. The number of hydrogen-bond donors (Lipinski definition) is 0. The summed E-state index contributed by atoms with van der Waals surface area (Å²) in [6, 6.07) is 1.13. The second kappa shape index (κ2) is 4.80. The fraction of sp³-hybridized carbons (Fsp3) is 0.286. The summed E-state index contributed by atoms with van der Waals surface area (Å²) in [5, 5.41) is -0.907. The monoisotopic (exact) mass is 335 g/mol. The summed E-state index contributed by atoms with van der Waals surface area (Å²) in [6.07, 6.45) is -3.06. The zero-order valence-electron chi connectivity index (χ0n) is 7.75. The van der Waals surface area contributed by atoms with Crippen molar-refractivity contribution in [2.75, 3.05) is 7.11 Å². The molecule has 0 aliphatic carbocycles.